The number of aliphatic hydroxyl groups is 1. The normalized spacial score (nSPS) is 31.2. The maximum Gasteiger partial charge on any atom is 0.327 e. The molecular formula is C47H47N3O9. The summed E-state index contributed by atoms with van der Waals surface area (Å²) in [5.41, 5.74) is 3.18. The summed E-state index contributed by atoms with van der Waals surface area (Å²) < 4.78 is 26.0. The molecule has 6 aliphatic rings. The summed E-state index contributed by atoms with van der Waals surface area (Å²) in [5.74, 6) is -2.12. The summed E-state index contributed by atoms with van der Waals surface area (Å²) in [6.07, 6.45) is 5.56. The number of amides is 2. The van der Waals surface area contributed by atoms with Crippen LogP contribution in [0.15, 0.2) is 115 Å². The summed E-state index contributed by atoms with van der Waals surface area (Å²) in [6.45, 7) is 0.257. The van der Waals surface area contributed by atoms with Crippen LogP contribution in [0.3, 0.4) is 0 Å². The van der Waals surface area contributed by atoms with Crippen LogP contribution in [0.1, 0.15) is 63.9 Å². The van der Waals surface area contributed by atoms with Crippen molar-refractivity contribution in [2.45, 2.75) is 87.2 Å². The molecule has 6 fully saturated rings. The van der Waals surface area contributed by atoms with Gasteiger partial charge in [0, 0.05) is 36.2 Å². The molecule has 4 saturated heterocycles. The molecule has 2 aliphatic carbocycles. The lowest BCUT2D eigenvalue weighted by Crippen LogP contribution is -2.69. The van der Waals surface area contributed by atoms with Crippen molar-refractivity contribution in [3.63, 3.8) is 0 Å². The maximum absolute atomic E-state index is 15.0. The molecule has 12 nitrogen and oxygen atoms in total. The molecule has 10 rings (SSSR count). The van der Waals surface area contributed by atoms with Crippen molar-refractivity contribution in [1.82, 2.24) is 15.7 Å². The van der Waals surface area contributed by atoms with Crippen LogP contribution in [0.4, 0.5) is 0 Å². The zero-order valence-corrected chi connectivity index (χ0v) is 32.5. The molecule has 4 heterocycles. The van der Waals surface area contributed by atoms with Gasteiger partial charge in [-0.15, -0.1) is 0 Å². The average Bonchev–Trinajstić information content (AvgIpc) is 3.80. The SMILES string of the molecule is O=C(NCCO)c1cccc(CNC(=O)[C@@]23C[C@H]4OC(=O)[C@@H]2N(Cc2ccc(C=CC5CCC6OC6C5)cc2)O[C@@H]3[C@H]2OC(c3ccccc3)(c3ccccc3)O[C@H]24)c1. The van der Waals surface area contributed by atoms with E-state index in [2.05, 4.69) is 34.9 Å². The van der Waals surface area contributed by atoms with E-state index < -0.39 is 47.6 Å². The van der Waals surface area contributed by atoms with E-state index in [1.54, 1.807) is 23.3 Å². The topological polar surface area (TPSA) is 148 Å². The summed E-state index contributed by atoms with van der Waals surface area (Å²) in [7, 11) is 0. The van der Waals surface area contributed by atoms with E-state index in [-0.39, 0.29) is 44.5 Å². The molecule has 0 radical (unpaired) electrons. The highest BCUT2D eigenvalue weighted by molar-refractivity contribution is 5.95. The summed E-state index contributed by atoms with van der Waals surface area (Å²) in [5, 5.41) is 16.6. The van der Waals surface area contributed by atoms with Gasteiger partial charge in [0.15, 0.2) is 6.04 Å². The van der Waals surface area contributed by atoms with Gasteiger partial charge >= 0.3 is 5.97 Å². The zero-order valence-electron chi connectivity index (χ0n) is 32.5. The molecule has 12 heteroatoms. The molecule has 59 heavy (non-hydrogen) atoms. The molecule has 2 amide bonds. The standard InChI is InChI=1S/C47H47N3O9/c51-23-22-48-43(52)33-9-7-8-32(24-33)27-49-45(54)46-26-38-39-40(58-47(57-39,34-10-3-1-4-11-34)35-12-5-2-6-13-35)42(46)59-50(41(46)44(53)56-38)28-31-18-15-29(16-19-31)14-17-30-20-21-36-37(25-30)55-36/h1-19,24,30,36-42,51H,20-23,25-28H2,(H,48,52)(H,49,54)/t30?,36?,37?,38-,39+,40+,41+,42-,46+/m1/s1. The first-order valence-electron chi connectivity index (χ1n) is 20.6. The minimum Gasteiger partial charge on any atom is -0.458 e. The number of nitrogens with zero attached hydrogens (tertiary/aromatic N) is 1. The molecule has 9 atom stereocenters. The Kier molecular flexibility index (Phi) is 9.94. The Morgan fingerprint density at radius 3 is 2.29 bits per heavy atom. The van der Waals surface area contributed by atoms with E-state index in [1.807, 2.05) is 78.9 Å². The molecule has 4 aliphatic heterocycles. The highest BCUT2D eigenvalue weighted by Gasteiger charge is 2.76. The second-order valence-electron chi connectivity index (χ2n) is 16.5. The first-order valence-corrected chi connectivity index (χ1v) is 20.6. The number of esters is 1. The number of carbonyl (C=O) groups is 3. The number of benzene rings is 4. The number of hydrogen-bond acceptors (Lipinski definition) is 10. The van der Waals surface area contributed by atoms with E-state index in [0.717, 1.165) is 41.5 Å². The Balaban J connectivity index is 0.962. The quantitative estimate of drug-likeness (QED) is 0.135. The third-order valence-electron chi connectivity index (χ3n) is 12.8. The van der Waals surface area contributed by atoms with Gasteiger partial charge in [-0.2, -0.15) is 5.06 Å². The van der Waals surface area contributed by atoms with E-state index in [4.69, 9.17) is 23.8 Å². The van der Waals surface area contributed by atoms with Crippen LogP contribution in [0.5, 0.6) is 0 Å². The molecule has 4 aromatic rings. The number of nitrogens with one attached hydrogen (secondary N) is 2. The summed E-state index contributed by atoms with van der Waals surface area (Å²) in [4.78, 5) is 48.9. The molecule has 0 spiro atoms. The van der Waals surface area contributed by atoms with Gasteiger partial charge in [0.05, 0.1) is 25.4 Å². The number of hydroxylamine groups is 2. The van der Waals surface area contributed by atoms with Crippen molar-refractivity contribution in [2.75, 3.05) is 13.2 Å². The number of aliphatic hydroxyl groups excluding tert-OH is 1. The second kappa shape index (κ2) is 15.4. The van der Waals surface area contributed by atoms with Crippen molar-refractivity contribution in [3.8, 4) is 0 Å². The molecule has 2 saturated carbocycles. The number of ether oxygens (including phenoxy) is 4. The molecule has 304 valence electrons. The van der Waals surface area contributed by atoms with Gasteiger partial charge in [0.1, 0.15) is 29.8 Å². The molecule has 2 bridgehead atoms. The first-order chi connectivity index (χ1) is 28.8. The number of allylic oxidation sites excluding steroid dienone is 1. The lowest BCUT2D eigenvalue weighted by molar-refractivity contribution is -0.213. The van der Waals surface area contributed by atoms with Crippen molar-refractivity contribution in [3.05, 3.63) is 149 Å². The van der Waals surface area contributed by atoms with Crippen LogP contribution in [-0.2, 0) is 52.3 Å². The number of hydrogen-bond donors (Lipinski definition) is 3. The van der Waals surface area contributed by atoms with Crippen LogP contribution >= 0.6 is 0 Å². The highest BCUT2D eigenvalue weighted by atomic mass is 16.8. The van der Waals surface area contributed by atoms with Crippen LogP contribution in [0, 0.1) is 11.3 Å². The molecule has 3 unspecified atom stereocenters. The van der Waals surface area contributed by atoms with Gasteiger partial charge in [-0.3, -0.25) is 19.2 Å². The fourth-order valence-electron chi connectivity index (χ4n) is 9.90. The lowest BCUT2D eigenvalue weighted by atomic mass is 9.62. The second-order valence-corrected chi connectivity index (χ2v) is 16.5. The predicted molar refractivity (Wildman–Crippen MR) is 214 cm³/mol. The van der Waals surface area contributed by atoms with Gasteiger partial charge in [-0.1, -0.05) is 109 Å². The average molecular weight is 798 g/mol. The van der Waals surface area contributed by atoms with Crippen molar-refractivity contribution in [1.29, 1.82) is 0 Å². The smallest absolute Gasteiger partial charge is 0.327 e. The number of epoxide rings is 1. The van der Waals surface area contributed by atoms with E-state index >= 15 is 0 Å². The minimum atomic E-state index is -1.41. The fourth-order valence-corrected chi connectivity index (χ4v) is 9.90. The van der Waals surface area contributed by atoms with E-state index in [1.165, 1.54) is 0 Å². The minimum absolute atomic E-state index is 0.0916. The maximum atomic E-state index is 15.0. The fraction of sp³-hybridized carbons (Fsp3) is 0.383. The third kappa shape index (κ3) is 6.87. The number of carbonyl (C=O) groups excluding carboxylic acids is 3. The van der Waals surface area contributed by atoms with Crippen molar-refractivity contribution >= 4 is 23.9 Å². The molecular weight excluding hydrogens is 751 g/mol. The summed E-state index contributed by atoms with van der Waals surface area (Å²) >= 11 is 0. The molecule has 0 aromatic heterocycles. The van der Waals surface area contributed by atoms with Gasteiger partial charge in [0.25, 0.3) is 5.91 Å². The largest absolute Gasteiger partial charge is 0.458 e. The summed E-state index contributed by atoms with van der Waals surface area (Å²) in [6, 6.07) is 33.3. The van der Waals surface area contributed by atoms with Gasteiger partial charge in [-0.05, 0) is 54.0 Å². The van der Waals surface area contributed by atoms with Gasteiger partial charge in [0.2, 0.25) is 11.7 Å². The van der Waals surface area contributed by atoms with E-state index in [0.29, 0.717) is 29.3 Å². The number of rotatable bonds is 12. The Morgan fingerprint density at radius 1 is 0.814 bits per heavy atom. The highest BCUT2D eigenvalue weighted by Crippen LogP contribution is 2.59. The Bertz CT molecular complexity index is 2200. The van der Waals surface area contributed by atoms with Crippen molar-refractivity contribution in [2.24, 2.45) is 11.3 Å². The third-order valence-corrected chi connectivity index (χ3v) is 12.8. The monoisotopic (exact) mass is 797 g/mol. The first kappa shape index (κ1) is 38.0. The van der Waals surface area contributed by atoms with Crippen LogP contribution in [-0.4, -0.2) is 83.8 Å². The zero-order chi connectivity index (χ0) is 40.1. The van der Waals surface area contributed by atoms with Crippen LogP contribution in [0.2, 0.25) is 0 Å². The van der Waals surface area contributed by atoms with Crippen LogP contribution < -0.4 is 10.6 Å². The van der Waals surface area contributed by atoms with Gasteiger partial charge < -0.3 is 34.7 Å². The predicted octanol–water partition coefficient (Wildman–Crippen LogP) is 4.79. The Morgan fingerprint density at radius 2 is 1.56 bits per heavy atom. The lowest BCUT2D eigenvalue weighted by Gasteiger charge is -2.48. The van der Waals surface area contributed by atoms with Gasteiger partial charge in [-0.25, -0.2) is 0 Å². The molecule has 3 N–H and O–H groups in total. The molecule has 4 aromatic carbocycles. The Labute approximate surface area is 342 Å². The number of fused-ring (bicyclic) bond motifs is 5. The Hall–Kier alpha value is -5.21. The van der Waals surface area contributed by atoms with Crippen molar-refractivity contribution < 1.29 is 43.3 Å². The van der Waals surface area contributed by atoms with E-state index in [9.17, 15) is 19.5 Å². The van der Waals surface area contributed by atoms with Crippen LogP contribution in [0.25, 0.3) is 6.08 Å².